The summed E-state index contributed by atoms with van der Waals surface area (Å²) in [5, 5.41) is 2.98. The molecule has 0 spiro atoms. The fourth-order valence-electron chi connectivity index (χ4n) is 1.82. The molecule has 5 nitrogen and oxygen atoms in total. The topological polar surface area (TPSA) is 56.8 Å². The van der Waals surface area contributed by atoms with E-state index in [0.29, 0.717) is 16.5 Å². The van der Waals surface area contributed by atoms with E-state index in [1.54, 1.807) is 24.3 Å². The van der Waals surface area contributed by atoms with Crippen molar-refractivity contribution in [3.05, 3.63) is 47.2 Å². The van der Waals surface area contributed by atoms with E-state index in [4.69, 9.17) is 25.8 Å². The van der Waals surface area contributed by atoms with Gasteiger partial charge in [0.15, 0.2) is 23.9 Å². The van der Waals surface area contributed by atoms with Crippen molar-refractivity contribution >= 4 is 23.2 Å². The van der Waals surface area contributed by atoms with E-state index in [2.05, 4.69) is 5.32 Å². The molecule has 122 valence electrons. The minimum Gasteiger partial charge on any atom is -0.493 e. The number of carbonyl (C=O) groups excluding carboxylic acids is 1. The normalized spacial score (nSPS) is 10.1. The van der Waals surface area contributed by atoms with Gasteiger partial charge in [-0.25, -0.2) is 4.39 Å². The Morgan fingerprint density at radius 2 is 1.74 bits per heavy atom. The van der Waals surface area contributed by atoms with Crippen molar-refractivity contribution in [3.63, 3.8) is 0 Å². The molecule has 0 aliphatic rings. The highest BCUT2D eigenvalue weighted by Crippen LogP contribution is 2.32. The van der Waals surface area contributed by atoms with Crippen LogP contribution < -0.4 is 19.5 Å². The zero-order chi connectivity index (χ0) is 16.8. The third-order valence-electron chi connectivity index (χ3n) is 2.93. The lowest BCUT2D eigenvalue weighted by molar-refractivity contribution is -0.118. The number of benzene rings is 2. The Balaban J connectivity index is 2.01. The third-order valence-corrected chi connectivity index (χ3v) is 3.18. The molecular weight excluding hydrogens is 325 g/mol. The van der Waals surface area contributed by atoms with Crippen molar-refractivity contribution in [3.8, 4) is 17.2 Å². The molecule has 1 N–H and O–H groups in total. The summed E-state index contributed by atoms with van der Waals surface area (Å²) in [6.07, 6.45) is 0. The maximum Gasteiger partial charge on any atom is 0.262 e. The predicted octanol–water partition coefficient (Wildman–Crippen LogP) is 3.51. The number of carbonyl (C=O) groups is 1. The monoisotopic (exact) mass is 339 g/mol. The lowest BCUT2D eigenvalue weighted by Crippen LogP contribution is -2.20. The highest BCUT2D eigenvalue weighted by Gasteiger charge is 2.13. The Labute approximate surface area is 137 Å². The molecule has 0 saturated carbocycles. The van der Waals surface area contributed by atoms with Gasteiger partial charge in [-0.15, -0.1) is 0 Å². The lowest BCUT2D eigenvalue weighted by Gasteiger charge is -2.12. The fraction of sp³-hybridized carbons (Fsp3) is 0.188. The summed E-state index contributed by atoms with van der Waals surface area (Å²) in [7, 11) is 2.82. The Kier molecular flexibility index (Phi) is 5.65. The van der Waals surface area contributed by atoms with Crippen molar-refractivity contribution in [1.82, 2.24) is 0 Å². The summed E-state index contributed by atoms with van der Waals surface area (Å²) in [5.41, 5.74) is -0.0210. The predicted molar refractivity (Wildman–Crippen MR) is 85.1 cm³/mol. The van der Waals surface area contributed by atoms with Gasteiger partial charge < -0.3 is 19.5 Å². The Hall–Kier alpha value is -2.47. The standard InChI is InChI=1S/C16H15ClFNO4/c1-21-14-7-12(18)13(8-15(14)22-2)19-16(20)9-23-11-5-3-10(17)4-6-11/h3-8H,9H2,1-2H3,(H,19,20). The van der Waals surface area contributed by atoms with Crippen LogP contribution in [-0.2, 0) is 4.79 Å². The van der Waals surface area contributed by atoms with E-state index in [1.165, 1.54) is 20.3 Å². The van der Waals surface area contributed by atoms with Gasteiger partial charge in [0.05, 0.1) is 19.9 Å². The van der Waals surface area contributed by atoms with Crippen LogP contribution in [-0.4, -0.2) is 26.7 Å². The molecule has 0 aromatic heterocycles. The zero-order valence-corrected chi connectivity index (χ0v) is 13.3. The number of hydrogen-bond donors (Lipinski definition) is 1. The molecule has 23 heavy (non-hydrogen) atoms. The molecule has 1 amide bonds. The number of halogens is 2. The van der Waals surface area contributed by atoms with Gasteiger partial charge in [0.2, 0.25) is 0 Å². The number of anilines is 1. The van der Waals surface area contributed by atoms with E-state index < -0.39 is 11.7 Å². The van der Waals surface area contributed by atoms with Crippen molar-refractivity contribution in [2.24, 2.45) is 0 Å². The molecule has 0 bridgehead atoms. The molecule has 0 radical (unpaired) electrons. The Morgan fingerprint density at radius 3 is 2.35 bits per heavy atom. The molecule has 0 heterocycles. The molecule has 0 aliphatic carbocycles. The molecule has 0 atom stereocenters. The van der Waals surface area contributed by atoms with E-state index >= 15 is 0 Å². The van der Waals surface area contributed by atoms with Crippen LogP contribution in [0.15, 0.2) is 36.4 Å². The van der Waals surface area contributed by atoms with Crippen LogP contribution in [0, 0.1) is 5.82 Å². The second-order valence-corrected chi connectivity index (χ2v) is 4.91. The number of methoxy groups -OCH3 is 2. The van der Waals surface area contributed by atoms with Gasteiger partial charge in [-0.3, -0.25) is 4.79 Å². The van der Waals surface area contributed by atoms with Crippen LogP contribution >= 0.6 is 11.6 Å². The van der Waals surface area contributed by atoms with Crippen molar-refractivity contribution in [2.45, 2.75) is 0 Å². The maximum absolute atomic E-state index is 13.9. The number of nitrogens with one attached hydrogen (secondary N) is 1. The van der Waals surface area contributed by atoms with E-state index in [0.717, 1.165) is 6.07 Å². The minimum absolute atomic E-state index is 0.0210. The second-order valence-electron chi connectivity index (χ2n) is 4.48. The van der Waals surface area contributed by atoms with E-state index in [-0.39, 0.29) is 18.0 Å². The second kappa shape index (κ2) is 7.69. The minimum atomic E-state index is -0.637. The maximum atomic E-state index is 13.9. The first-order valence-corrected chi connectivity index (χ1v) is 7.01. The molecular formula is C16H15ClFNO4. The number of amides is 1. The summed E-state index contributed by atoms with van der Waals surface area (Å²) in [6.45, 7) is -0.268. The number of hydrogen-bond acceptors (Lipinski definition) is 4. The molecule has 0 unspecified atom stereocenters. The third kappa shape index (κ3) is 4.50. The van der Waals surface area contributed by atoms with Crippen LogP contribution in [0.3, 0.4) is 0 Å². The van der Waals surface area contributed by atoms with Gasteiger partial charge in [-0.05, 0) is 24.3 Å². The van der Waals surface area contributed by atoms with Crippen molar-refractivity contribution in [2.75, 3.05) is 26.1 Å². The summed E-state index contributed by atoms with van der Waals surface area (Å²) < 4.78 is 29.2. The first-order valence-electron chi connectivity index (χ1n) is 6.63. The zero-order valence-electron chi connectivity index (χ0n) is 12.6. The van der Waals surface area contributed by atoms with Crippen LogP contribution in [0.25, 0.3) is 0 Å². The van der Waals surface area contributed by atoms with E-state index in [1.807, 2.05) is 0 Å². The highest BCUT2D eigenvalue weighted by molar-refractivity contribution is 6.30. The molecule has 0 aliphatic heterocycles. The van der Waals surface area contributed by atoms with Gasteiger partial charge >= 0.3 is 0 Å². The van der Waals surface area contributed by atoms with E-state index in [9.17, 15) is 9.18 Å². The lowest BCUT2D eigenvalue weighted by atomic mass is 10.2. The number of rotatable bonds is 6. The SMILES string of the molecule is COc1cc(F)c(NC(=O)COc2ccc(Cl)cc2)cc1OC. The van der Waals surface area contributed by atoms with Crippen LogP contribution in [0.4, 0.5) is 10.1 Å². The van der Waals surface area contributed by atoms with Crippen LogP contribution in [0.2, 0.25) is 5.02 Å². The van der Waals surface area contributed by atoms with Gasteiger partial charge in [0.1, 0.15) is 5.75 Å². The summed E-state index contributed by atoms with van der Waals surface area (Å²) in [4.78, 5) is 11.9. The fourth-order valence-corrected chi connectivity index (χ4v) is 1.94. The smallest absolute Gasteiger partial charge is 0.262 e. The van der Waals surface area contributed by atoms with Crippen LogP contribution in [0.5, 0.6) is 17.2 Å². The first-order chi connectivity index (χ1) is 11.0. The molecule has 0 fully saturated rings. The largest absolute Gasteiger partial charge is 0.493 e. The molecule has 2 aromatic carbocycles. The van der Waals surface area contributed by atoms with Crippen LogP contribution in [0.1, 0.15) is 0 Å². The van der Waals surface area contributed by atoms with Gasteiger partial charge in [-0.2, -0.15) is 0 Å². The van der Waals surface area contributed by atoms with Gasteiger partial charge in [-0.1, -0.05) is 11.6 Å². The summed E-state index contributed by atoms with van der Waals surface area (Å²) in [6, 6.07) is 9.02. The van der Waals surface area contributed by atoms with Gasteiger partial charge in [0.25, 0.3) is 5.91 Å². The highest BCUT2D eigenvalue weighted by atomic mass is 35.5. The number of ether oxygens (including phenoxy) is 3. The molecule has 2 rings (SSSR count). The quantitative estimate of drug-likeness (QED) is 0.875. The average molecular weight is 340 g/mol. The molecule has 7 heteroatoms. The van der Waals surface area contributed by atoms with Gasteiger partial charge in [0, 0.05) is 17.2 Å². The molecule has 0 saturated heterocycles. The average Bonchev–Trinajstić information content (AvgIpc) is 2.55. The Bertz CT molecular complexity index is 691. The first kappa shape index (κ1) is 16.9. The van der Waals surface area contributed by atoms with Crippen molar-refractivity contribution < 1.29 is 23.4 Å². The molecule has 2 aromatic rings. The summed E-state index contributed by atoms with van der Waals surface area (Å²) >= 11 is 5.75. The summed E-state index contributed by atoms with van der Waals surface area (Å²) in [5.74, 6) is -0.117. The van der Waals surface area contributed by atoms with Crippen molar-refractivity contribution in [1.29, 1.82) is 0 Å². The Morgan fingerprint density at radius 1 is 1.13 bits per heavy atom.